The zero-order valence-corrected chi connectivity index (χ0v) is 22.4. The number of piperidine rings is 1. The molecule has 1 aromatic heterocycles. The summed E-state index contributed by atoms with van der Waals surface area (Å²) in [5.41, 5.74) is 4.33. The fourth-order valence-corrected chi connectivity index (χ4v) is 5.53. The molecular formula is C32H34N3O4+. The monoisotopic (exact) mass is 524 g/mol. The summed E-state index contributed by atoms with van der Waals surface area (Å²) < 4.78 is 5.50. The number of hydroxylamine groups is 3. The van der Waals surface area contributed by atoms with E-state index in [1.54, 1.807) is 7.11 Å². The number of ether oxygens (including phenoxy) is 1. The van der Waals surface area contributed by atoms with E-state index >= 15 is 0 Å². The highest BCUT2D eigenvalue weighted by molar-refractivity contribution is 6.10. The van der Waals surface area contributed by atoms with Gasteiger partial charge < -0.3 is 10.1 Å². The lowest BCUT2D eigenvalue weighted by molar-refractivity contribution is -1.11. The highest BCUT2D eigenvalue weighted by Gasteiger charge is 2.36. The number of likely N-dealkylation sites (tertiary alicyclic amines) is 1. The van der Waals surface area contributed by atoms with Crippen LogP contribution in [0.5, 0.6) is 0 Å². The maximum atomic E-state index is 14.3. The van der Waals surface area contributed by atoms with E-state index in [1.165, 1.54) is 7.11 Å². The molecule has 1 amide bonds. The molecule has 7 heteroatoms. The van der Waals surface area contributed by atoms with Gasteiger partial charge in [-0.15, -0.1) is 0 Å². The van der Waals surface area contributed by atoms with Crippen molar-refractivity contribution in [2.75, 3.05) is 27.3 Å². The quantitative estimate of drug-likeness (QED) is 0.240. The number of hydrogen-bond acceptors (Lipinski definition) is 5. The smallest absolute Gasteiger partial charge is 0.333 e. The molecule has 2 heterocycles. The van der Waals surface area contributed by atoms with E-state index < -0.39 is 12.0 Å². The van der Waals surface area contributed by atoms with Gasteiger partial charge in [-0.05, 0) is 30.9 Å². The van der Waals surface area contributed by atoms with Crippen LogP contribution in [0.4, 0.5) is 0 Å². The van der Waals surface area contributed by atoms with Gasteiger partial charge >= 0.3 is 5.97 Å². The lowest BCUT2D eigenvalue weighted by Gasteiger charge is -2.38. The first-order valence-electron chi connectivity index (χ1n) is 13.4. The maximum absolute atomic E-state index is 14.3. The first-order chi connectivity index (χ1) is 19.0. The third kappa shape index (κ3) is 5.55. The highest BCUT2D eigenvalue weighted by atomic mass is 16.7. The van der Waals surface area contributed by atoms with Gasteiger partial charge in [0.1, 0.15) is 19.6 Å². The third-order valence-electron chi connectivity index (χ3n) is 7.58. The number of carbonyl (C=O) groups excluding carboxylic acids is 2. The molecule has 0 bridgehead atoms. The first kappa shape index (κ1) is 26.5. The topological polar surface area (TPSA) is 77.5 Å². The number of aromatic nitrogens is 1. The van der Waals surface area contributed by atoms with Crippen LogP contribution in [0.15, 0.2) is 84.9 Å². The van der Waals surface area contributed by atoms with Gasteiger partial charge in [-0.1, -0.05) is 78.9 Å². The van der Waals surface area contributed by atoms with Crippen LogP contribution in [0.1, 0.15) is 46.8 Å². The molecule has 1 aliphatic heterocycles. The summed E-state index contributed by atoms with van der Waals surface area (Å²) in [5, 5.41) is 3.72. The number of carbonyl (C=O) groups is 2. The van der Waals surface area contributed by atoms with Gasteiger partial charge in [0.15, 0.2) is 6.04 Å². The number of fused-ring (bicyclic) bond motifs is 1. The Balaban J connectivity index is 1.70. The zero-order chi connectivity index (χ0) is 27.2. The number of methoxy groups -OCH3 is 1. The SMILES string of the molecule is COC(=O)C(NC(=O)c1c(C[N+]2(OC)CCCCC2)c(-c2ccccc2)nc2ccccc12)c1ccccc1. The fraction of sp³-hybridized carbons (Fsp3) is 0.281. The van der Waals surface area contributed by atoms with E-state index in [9.17, 15) is 9.59 Å². The number of rotatable bonds is 8. The Morgan fingerprint density at radius 2 is 1.51 bits per heavy atom. The summed E-state index contributed by atoms with van der Waals surface area (Å²) in [6.07, 6.45) is 3.26. The van der Waals surface area contributed by atoms with Gasteiger partial charge in [-0.2, -0.15) is 4.65 Å². The molecule has 0 saturated carbocycles. The molecule has 1 atom stereocenters. The minimum Gasteiger partial charge on any atom is -0.467 e. The zero-order valence-electron chi connectivity index (χ0n) is 22.4. The molecule has 1 unspecified atom stereocenters. The van der Waals surface area contributed by atoms with Gasteiger partial charge in [0.2, 0.25) is 0 Å². The number of para-hydroxylation sites is 1. The van der Waals surface area contributed by atoms with Gasteiger partial charge in [0, 0.05) is 16.5 Å². The minimum absolute atomic E-state index is 0.355. The molecule has 1 N–H and O–H groups in total. The Hall–Kier alpha value is -4.07. The predicted molar refractivity (Wildman–Crippen MR) is 150 cm³/mol. The van der Waals surface area contributed by atoms with Crippen LogP contribution in [-0.4, -0.2) is 48.8 Å². The fourth-order valence-electron chi connectivity index (χ4n) is 5.53. The van der Waals surface area contributed by atoms with E-state index in [4.69, 9.17) is 14.6 Å². The van der Waals surface area contributed by atoms with Gasteiger partial charge in [0.25, 0.3) is 5.91 Å². The second kappa shape index (κ2) is 11.8. The van der Waals surface area contributed by atoms with Crippen molar-refractivity contribution < 1.29 is 23.8 Å². The van der Waals surface area contributed by atoms with E-state index in [0.717, 1.165) is 54.6 Å². The molecule has 1 saturated heterocycles. The molecule has 4 aromatic rings. The lowest BCUT2D eigenvalue weighted by Crippen LogP contribution is -2.50. The van der Waals surface area contributed by atoms with Crippen LogP contribution in [0.3, 0.4) is 0 Å². The second-order valence-corrected chi connectivity index (χ2v) is 9.94. The van der Waals surface area contributed by atoms with Crippen LogP contribution in [0, 0.1) is 0 Å². The van der Waals surface area contributed by atoms with Gasteiger partial charge in [0.05, 0.1) is 31.0 Å². The number of esters is 1. The molecule has 3 aromatic carbocycles. The average Bonchev–Trinajstić information content (AvgIpc) is 3.00. The van der Waals surface area contributed by atoms with Crippen molar-refractivity contribution in [3.63, 3.8) is 0 Å². The van der Waals surface area contributed by atoms with Crippen molar-refractivity contribution in [2.45, 2.75) is 31.8 Å². The van der Waals surface area contributed by atoms with Gasteiger partial charge in [-0.25, -0.2) is 14.6 Å². The van der Waals surface area contributed by atoms with Crippen molar-refractivity contribution in [1.82, 2.24) is 10.3 Å². The number of nitrogens with zero attached hydrogens (tertiary/aromatic N) is 2. The Morgan fingerprint density at radius 1 is 0.872 bits per heavy atom. The summed E-state index contributed by atoms with van der Waals surface area (Å²) in [6, 6.07) is 25.8. The number of nitrogens with one attached hydrogen (secondary N) is 1. The van der Waals surface area contributed by atoms with Crippen molar-refractivity contribution in [3.05, 3.63) is 102 Å². The molecular weight excluding hydrogens is 490 g/mol. The molecule has 5 rings (SSSR count). The number of amides is 1. The van der Waals surface area contributed by atoms with Crippen LogP contribution >= 0.6 is 0 Å². The number of hydrogen-bond donors (Lipinski definition) is 1. The predicted octanol–water partition coefficient (Wildman–Crippen LogP) is 5.61. The van der Waals surface area contributed by atoms with E-state index in [-0.39, 0.29) is 5.91 Å². The van der Waals surface area contributed by atoms with Crippen LogP contribution in [-0.2, 0) is 20.9 Å². The minimum atomic E-state index is -0.954. The normalized spacial score (nSPS) is 15.4. The molecule has 200 valence electrons. The maximum Gasteiger partial charge on any atom is 0.333 e. The second-order valence-electron chi connectivity index (χ2n) is 9.94. The Labute approximate surface area is 228 Å². The largest absolute Gasteiger partial charge is 0.467 e. The van der Waals surface area contributed by atoms with E-state index in [2.05, 4.69) is 5.32 Å². The van der Waals surface area contributed by atoms with Crippen LogP contribution in [0.2, 0.25) is 0 Å². The van der Waals surface area contributed by atoms with Crippen molar-refractivity contribution >= 4 is 22.8 Å². The summed E-state index contributed by atoms with van der Waals surface area (Å²) in [5.74, 6) is -0.888. The van der Waals surface area contributed by atoms with Gasteiger partial charge in [-0.3, -0.25) is 4.79 Å². The molecule has 1 fully saturated rings. The number of quaternary nitrogens is 1. The number of pyridine rings is 1. The molecule has 39 heavy (non-hydrogen) atoms. The van der Waals surface area contributed by atoms with E-state index in [1.807, 2.05) is 84.9 Å². The first-order valence-corrected chi connectivity index (χ1v) is 13.4. The Bertz CT molecular complexity index is 1450. The lowest BCUT2D eigenvalue weighted by atomic mass is 9.94. The van der Waals surface area contributed by atoms with E-state index in [0.29, 0.717) is 27.8 Å². The molecule has 1 aliphatic rings. The third-order valence-corrected chi connectivity index (χ3v) is 7.58. The Morgan fingerprint density at radius 3 is 2.18 bits per heavy atom. The standard InChI is InChI=1S/C32H33N3O4/c1-38-32(37)30(24-16-8-4-9-17-24)34-31(36)28-25-18-10-11-19-27(25)33-29(23-14-6-3-7-15-23)26(28)22-35(39-2)20-12-5-13-21-35/h3-4,6-11,14-19,30H,5,12-13,20-22H2,1-2H3/p+1. The van der Waals surface area contributed by atoms with Crippen molar-refractivity contribution in [2.24, 2.45) is 0 Å². The van der Waals surface area contributed by atoms with Crippen LogP contribution in [0.25, 0.3) is 22.2 Å². The van der Waals surface area contributed by atoms with Crippen LogP contribution < -0.4 is 5.32 Å². The molecule has 0 aliphatic carbocycles. The average molecular weight is 525 g/mol. The summed E-state index contributed by atoms with van der Waals surface area (Å²) in [4.78, 5) is 38.4. The van der Waals surface area contributed by atoms with Crippen molar-refractivity contribution in [3.8, 4) is 11.3 Å². The summed E-state index contributed by atoms with van der Waals surface area (Å²) in [6.45, 7) is 2.19. The summed E-state index contributed by atoms with van der Waals surface area (Å²) >= 11 is 0. The molecule has 7 nitrogen and oxygen atoms in total. The highest BCUT2D eigenvalue weighted by Crippen LogP contribution is 2.35. The molecule has 0 radical (unpaired) electrons. The molecule has 0 spiro atoms. The Kier molecular flexibility index (Phi) is 8.00. The number of benzene rings is 3. The summed E-state index contributed by atoms with van der Waals surface area (Å²) in [7, 11) is 3.07. The van der Waals surface area contributed by atoms with Crippen molar-refractivity contribution in [1.29, 1.82) is 0 Å².